The Hall–Kier alpha value is -6.96. The first-order valence-electron chi connectivity index (χ1n) is 19.5. The largest absolute Gasteiger partial charge is 0.310 e. The summed E-state index contributed by atoms with van der Waals surface area (Å²) in [5.74, 6) is 0. The molecule has 9 aromatic rings. The Bertz CT molecular complexity index is 2880. The maximum absolute atomic E-state index is 2.42. The number of anilines is 3. The fourth-order valence-corrected chi connectivity index (χ4v) is 8.81. The summed E-state index contributed by atoms with van der Waals surface area (Å²) in [6.45, 7) is 4.70. The standard InChI is InChI=1S/C55H41N/c1-55(2)52-27-10-8-25-50(52)51-34-31-42(37-53(51)55)39-29-32-45(33-30-39)56(46-22-13-21-44(36-46)48-26-14-18-40-17-6-7-23-47(40)48)54-28-11-9-24-49(54)43-20-12-19-41(35-43)38-15-4-3-5-16-38/h3-37H,1-2H3. The fraction of sp³-hybridized carbons (Fsp3) is 0.0545. The van der Waals surface area contributed by atoms with Crippen molar-refractivity contribution in [2.45, 2.75) is 19.3 Å². The maximum atomic E-state index is 2.42. The van der Waals surface area contributed by atoms with Crippen LogP contribution in [-0.4, -0.2) is 0 Å². The van der Waals surface area contributed by atoms with Gasteiger partial charge >= 0.3 is 0 Å². The van der Waals surface area contributed by atoms with Crippen molar-refractivity contribution < 1.29 is 0 Å². The van der Waals surface area contributed by atoms with Crippen molar-refractivity contribution in [3.8, 4) is 55.6 Å². The van der Waals surface area contributed by atoms with Crippen LogP contribution in [0.3, 0.4) is 0 Å². The molecule has 0 atom stereocenters. The highest BCUT2D eigenvalue weighted by Gasteiger charge is 2.35. The molecule has 0 N–H and O–H groups in total. The highest BCUT2D eigenvalue weighted by molar-refractivity contribution is 5.98. The SMILES string of the molecule is CC1(C)c2ccccc2-c2ccc(-c3ccc(N(c4cccc(-c5cccc6ccccc56)c4)c4ccccc4-c4cccc(-c5ccccc5)c4)cc3)cc21. The van der Waals surface area contributed by atoms with E-state index in [9.17, 15) is 0 Å². The van der Waals surface area contributed by atoms with E-state index in [2.05, 4.69) is 231 Å². The van der Waals surface area contributed by atoms with Crippen molar-refractivity contribution in [2.24, 2.45) is 0 Å². The molecule has 0 aromatic heterocycles. The molecule has 1 aliphatic rings. The van der Waals surface area contributed by atoms with Crippen molar-refractivity contribution in [1.82, 2.24) is 0 Å². The molecule has 0 radical (unpaired) electrons. The Kier molecular flexibility index (Phi) is 8.23. The first kappa shape index (κ1) is 33.6. The Morgan fingerprint density at radius 2 is 0.875 bits per heavy atom. The molecular weight excluding hydrogens is 675 g/mol. The van der Waals surface area contributed by atoms with Gasteiger partial charge in [0, 0.05) is 22.4 Å². The molecule has 1 heteroatoms. The Balaban J connectivity index is 1.10. The molecule has 1 aliphatic carbocycles. The molecule has 0 bridgehead atoms. The summed E-state index contributed by atoms with van der Waals surface area (Å²) in [5.41, 5.74) is 18.4. The second kappa shape index (κ2) is 13.7. The molecule has 10 rings (SSSR count). The van der Waals surface area contributed by atoms with Gasteiger partial charge in [0.2, 0.25) is 0 Å². The quantitative estimate of drug-likeness (QED) is 0.159. The minimum absolute atomic E-state index is 0.0463. The number of nitrogens with zero attached hydrogens (tertiary/aromatic N) is 1. The molecule has 0 heterocycles. The van der Waals surface area contributed by atoms with Gasteiger partial charge in [0.15, 0.2) is 0 Å². The summed E-state index contributed by atoms with van der Waals surface area (Å²) in [7, 11) is 0. The number of hydrogen-bond donors (Lipinski definition) is 0. The minimum Gasteiger partial charge on any atom is -0.310 e. The summed E-state index contributed by atoms with van der Waals surface area (Å²) in [6.07, 6.45) is 0. The normalized spacial score (nSPS) is 12.6. The maximum Gasteiger partial charge on any atom is 0.0540 e. The molecule has 0 spiro atoms. The van der Waals surface area contributed by atoms with Crippen molar-refractivity contribution >= 4 is 27.8 Å². The fourth-order valence-electron chi connectivity index (χ4n) is 8.81. The van der Waals surface area contributed by atoms with Crippen LogP contribution in [0.25, 0.3) is 66.4 Å². The van der Waals surface area contributed by atoms with Crippen LogP contribution in [-0.2, 0) is 5.41 Å². The van der Waals surface area contributed by atoms with Gasteiger partial charge in [-0.1, -0.05) is 184 Å². The molecule has 0 aliphatic heterocycles. The van der Waals surface area contributed by atoms with Gasteiger partial charge in [-0.3, -0.25) is 0 Å². The van der Waals surface area contributed by atoms with Crippen LogP contribution in [0.2, 0.25) is 0 Å². The van der Waals surface area contributed by atoms with Crippen LogP contribution < -0.4 is 4.90 Å². The first-order valence-corrected chi connectivity index (χ1v) is 19.5. The van der Waals surface area contributed by atoms with Crippen LogP contribution in [0, 0.1) is 0 Å². The van der Waals surface area contributed by atoms with E-state index in [0.717, 1.165) is 17.1 Å². The van der Waals surface area contributed by atoms with Crippen LogP contribution >= 0.6 is 0 Å². The predicted molar refractivity (Wildman–Crippen MR) is 238 cm³/mol. The van der Waals surface area contributed by atoms with Gasteiger partial charge in [0.05, 0.1) is 5.69 Å². The Morgan fingerprint density at radius 3 is 1.73 bits per heavy atom. The third kappa shape index (κ3) is 5.81. The molecule has 0 saturated carbocycles. The molecule has 266 valence electrons. The summed E-state index contributed by atoms with van der Waals surface area (Å²) in [6, 6.07) is 77.6. The van der Waals surface area contributed by atoms with E-state index >= 15 is 0 Å². The van der Waals surface area contributed by atoms with Gasteiger partial charge in [-0.05, 0) is 114 Å². The molecule has 0 unspecified atom stereocenters. The van der Waals surface area contributed by atoms with E-state index in [1.165, 1.54) is 77.5 Å². The van der Waals surface area contributed by atoms with E-state index in [1.54, 1.807) is 0 Å². The number of fused-ring (bicyclic) bond motifs is 4. The van der Waals surface area contributed by atoms with Crippen molar-refractivity contribution in [2.75, 3.05) is 4.90 Å². The highest BCUT2D eigenvalue weighted by Crippen LogP contribution is 2.50. The van der Waals surface area contributed by atoms with Gasteiger partial charge in [-0.15, -0.1) is 0 Å². The molecule has 1 nitrogen and oxygen atoms in total. The van der Waals surface area contributed by atoms with Crippen LogP contribution in [0.1, 0.15) is 25.0 Å². The average molecular weight is 716 g/mol. The monoisotopic (exact) mass is 715 g/mol. The van der Waals surface area contributed by atoms with Crippen molar-refractivity contribution in [3.63, 3.8) is 0 Å². The third-order valence-corrected chi connectivity index (χ3v) is 11.7. The third-order valence-electron chi connectivity index (χ3n) is 11.7. The Morgan fingerprint density at radius 1 is 0.321 bits per heavy atom. The van der Waals surface area contributed by atoms with E-state index in [1.807, 2.05) is 0 Å². The molecule has 0 saturated heterocycles. The second-order valence-electron chi connectivity index (χ2n) is 15.4. The summed E-state index contributed by atoms with van der Waals surface area (Å²) < 4.78 is 0. The van der Waals surface area contributed by atoms with Crippen LogP contribution in [0.15, 0.2) is 212 Å². The zero-order valence-corrected chi connectivity index (χ0v) is 31.7. The van der Waals surface area contributed by atoms with E-state index in [0.29, 0.717) is 0 Å². The lowest BCUT2D eigenvalue weighted by Crippen LogP contribution is -2.14. The van der Waals surface area contributed by atoms with Gasteiger partial charge < -0.3 is 4.90 Å². The summed E-state index contributed by atoms with van der Waals surface area (Å²) in [5, 5.41) is 2.49. The molecular formula is C55H41N. The van der Waals surface area contributed by atoms with Crippen molar-refractivity contribution in [3.05, 3.63) is 223 Å². The predicted octanol–water partition coefficient (Wildman–Crippen LogP) is 15.3. The van der Waals surface area contributed by atoms with Gasteiger partial charge in [0.25, 0.3) is 0 Å². The van der Waals surface area contributed by atoms with Gasteiger partial charge in [0.1, 0.15) is 0 Å². The zero-order chi connectivity index (χ0) is 37.6. The van der Waals surface area contributed by atoms with Crippen molar-refractivity contribution in [1.29, 1.82) is 0 Å². The smallest absolute Gasteiger partial charge is 0.0540 e. The first-order chi connectivity index (χ1) is 27.5. The number of para-hydroxylation sites is 1. The zero-order valence-electron chi connectivity index (χ0n) is 31.7. The van der Waals surface area contributed by atoms with E-state index in [4.69, 9.17) is 0 Å². The van der Waals surface area contributed by atoms with E-state index < -0.39 is 0 Å². The summed E-state index contributed by atoms with van der Waals surface area (Å²) >= 11 is 0. The summed E-state index contributed by atoms with van der Waals surface area (Å²) in [4.78, 5) is 2.42. The highest BCUT2D eigenvalue weighted by atomic mass is 15.1. The molecule has 56 heavy (non-hydrogen) atoms. The topological polar surface area (TPSA) is 3.24 Å². The number of benzene rings is 9. The van der Waals surface area contributed by atoms with Crippen LogP contribution in [0.5, 0.6) is 0 Å². The van der Waals surface area contributed by atoms with Gasteiger partial charge in [-0.2, -0.15) is 0 Å². The van der Waals surface area contributed by atoms with Gasteiger partial charge in [-0.25, -0.2) is 0 Å². The Labute approximate surface area is 329 Å². The molecule has 0 fully saturated rings. The lowest BCUT2D eigenvalue weighted by molar-refractivity contribution is 0.660. The second-order valence-corrected chi connectivity index (χ2v) is 15.4. The minimum atomic E-state index is -0.0463. The lowest BCUT2D eigenvalue weighted by Gasteiger charge is -2.29. The molecule has 0 amide bonds. The average Bonchev–Trinajstić information content (AvgIpc) is 3.49. The van der Waals surface area contributed by atoms with Crippen LogP contribution in [0.4, 0.5) is 17.1 Å². The number of rotatable bonds is 7. The number of hydrogen-bond acceptors (Lipinski definition) is 1. The lowest BCUT2D eigenvalue weighted by atomic mass is 9.81. The van der Waals surface area contributed by atoms with E-state index in [-0.39, 0.29) is 5.41 Å². The molecule has 9 aromatic carbocycles.